The van der Waals surface area contributed by atoms with Crippen LogP contribution in [0.15, 0.2) is 35.9 Å². The molecule has 0 fully saturated rings. The van der Waals surface area contributed by atoms with Gasteiger partial charge in [0, 0.05) is 23.9 Å². The Balaban J connectivity index is 2.07. The summed E-state index contributed by atoms with van der Waals surface area (Å²) in [5.74, 6) is 0.0330. The summed E-state index contributed by atoms with van der Waals surface area (Å²) in [6.07, 6.45) is -1.31. The Morgan fingerprint density at radius 1 is 1.17 bits per heavy atom. The number of nitrogens with zero attached hydrogens (tertiary/aromatic N) is 1. The Morgan fingerprint density at radius 2 is 1.90 bits per heavy atom. The molecule has 0 radical (unpaired) electrons. The summed E-state index contributed by atoms with van der Waals surface area (Å²) in [5, 5.41) is 9.36. The van der Waals surface area contributed by atoms with Crippen LogP contribution in [0, 0.1) is 5.92 Å². The predicted molar refractivity (Wildman–Crippen MR) is 110 cm³/mol. The van der Waals surface area contributed by atoms with Crippen molar-refractivity contribution in [2.75, 3.05) is 20.8 Å². The average molecular weight is 423 g/mol. The van der Waals surface area contributed by atoms with Gasteiger partial charge in [-0.3, -0.25) is 0 Å². The standard InChI is InChI=1S/C23H28F3NO3/c1-15(14-28)10-11-27-20-9-6-17(23(24,25)26)5-4-16(20)12-21(27)19-8-7-18(29-2)13-22(19)30-3/h7-8,10,12-13,17,28H,4-6,9,11,14H2,1-3H3/b15-10+. The Hall–Kier alpha value is -2.41. The molecule has 0 saturated carbocycles. The monoisotopic (exact) mass is 423 g/mol. The molecule has 0 spiro atoms. The third-order valence-corrected chi connectivity index (χ3v) is 5.81. The summed E-state index contributed by atoms with van der Waals surface area (Å²) in [5.41, 5.74) is 4.44. The molecule has 1 aliphatic carbocycles. The average Bonchev–Trinajstić information content (AvgIpc) is 2.92. The van der Waals surface area contributed by atoms with Crippen LogP contribution in [0.1, 0.15) is 31.0 Å². The summed E-state index contributed by atoms with van der Waals surface area (Å²) in [6, 6.07) is 7.53. The zero-order valence-corrected chi connectivity index (χ0v) is 17.6. The molecule has 7 heteroatoms. The molecule has 164 valence electrons. The van der Waals surface area contributed by atoms with Crippen LogP contribution < -0.4 is 9.47 Å². The molecule has 1 atom stereocenters. The highest BCUT2D eigenvalue weighted by molar-refractivity contribution is 5.71. The maximum atomic E-state index is 13.3. The van der Waals surface area contributed by atoms with Crippen LogP contribution in [-0.2, 0) is 19.4 Å². The highest BCUT2D eigenvalue weighted by Gasteiger charge is 2.40. The van der Waals surface area contributed by atoms with Gasteiger partial charge in [-0.2, -0.15) is 13.2 Å². The number of allylic oxidation sites excluding steroid dienone is 1. The summed E-state index contributed by atoms with van der Waals surface area (Å²) < 4.78 is 52.8. The van der Waals surface area contributed by atoms with E-state index < -0.39 is 12.1 Å². The number of halogens is 3. The van der Waals surface area contributed by atoms with Gasteiger partial charge in [-0.15, -0.1) is 0 Å². The lowest BCUT2D eigenvalue weighted by Gasteiger charge is -2.19. The molecule has 0 saturated heterocycles. The second-order valence-corrected chi connectivity index (χ2v) is 7.70. The van der Waals surface area contributed by atoms with Gasteiger partial charge in [0.2, 0.25) is 0 Å². The number of fused-ring (bicyclic) bond motifs is 1. The minimum absolute atomic E-state index is 0.0548. The highest BCUT2D eigenvalue weighted by Crippen LogP contribution is 2.41. The molecule has 0 bridgehead atoms. The topological polar surface area (TPSA) is 43.6 Å². The lowest BCUT2D eigenvalue weighted by atomic mass is 9.99. The molecule has 4 nitrogen and oxygen atoms in total. The normalized spacial score (nSPS) is 17.4. The van der Waals surface area contributed by atoms with E-state index in [1.165, 1.54) is 0 Å². The van der Waals surface area contributed by atoms with Gasteiger partial charge in [-0.1, -0.05) is 11.6 Å². The predicted octanol–water partition coefficient (Wildman–Crippen LogP) is 5.17. The lowest BCUT2D eigenvalue weighted by Crippen LogP contribution is -2.23. The number of ether oxygens (including phenoxy) is 2. The number of rotatable bonds is 6. The van der Waals surface area contributed by atoms with E-state index in [0.29, 0.717) is 30.9 Å². The number of hydrogen-bond acceptors (Lipinski definition) is 3. The van der Waals surface area contributed by atoms with Crippen molar-refractivity contribution in [2.45, 2.75) is 45.3 Å². The molecular formula is C23H28F3NO3. The third-order valence-electron chi connectivity index (χ3n) is 5.81. The van der Waals surface area contributed by atoms with Gasteiger partial charge in [-0.05, 0) is 56.4 Å². The minimum Gasteiger partial charge on any atom is -0.497 e. The van der Waals surface area contributed by atoms with Crippen molar-refractivity contribution in [2.24, 2.45) is 5.92 Å². The summed E-state index contributed by atoms with van der Waals surface area (Å²) >= 11 is 0. The second kappa shape index (κ2) is 9.16. The van der Waals surface area contributed by atoms with E-state index in [1.807, 2.05) is 31.2 Å². The van der Waals surface area contributed by atoms with Gasteiger partial charge in [0.15, 0.2) is 0 Å². The number of benzene rings is 1. The fraction of sp³-hybridized carbons (Fsp3) is 0.478. The smallest absolute Gasteiger partial charge is 0.391 e. The van der Waals surface area contributed by atoms with Crippen molar-refractivity contribution in [3.05, 3.63) is 47.2 Å². The molecule has 3 rings (SSSR count). The van der Waals surface area contributed by atoms with Gasteiger partial charge in [0.1, 0.15) is 11.5 Å². The van der Waals surface area contributed by atoms with Crippen LogP contribution in [-0.4, -0.2) is 36.7 Å². The SMILES string of the molecule is COc1ccc(-c2cc3c(n2C/C=C(\C)CO)CCC(C(F)(F)F)CC3)c(OC)c1. The number of alkyl halides is 3. The molecule has 1 aromatic carbocycles. The van der Waals surface area contributed by atoms with Crippen LogP contribution in [0.3, 0.4) is 0 Å². The number of aromatic nitrogens is 1. The van der Waals surface area contributed by atoms with E-state index in [9.17, 15) is 18.3 Å². The number of aliphatic hydroxyl groups excluding tert-OH is 1. The third kappa shape index (κ3) is 4.67. The van der Waals surface area contributed by atoms with E-state index in [4.69, 9.17) is 9.47 Å². The molecule has 30 heavy (non-hydrogen) atoms. The zero-order valence-electron chi connectivity index (χ0n) is 17.6. The van der Waals surface area contributed by atoms with Crippen molar-refractivity contribution in [3.8, 4) is 22.8 Å². The van der Waals surface area contributed by atoms with Crippen LogP contribution in [0.25, 0.3) is 11.3 Å². The highest BCUT2D eigenvalue weighted by atomic mass is 19.4. The fourth-order valence-corrected chi connectivity index (χ4v) is 4.02. The first kappa shape index (κ1) is 22.3. The van der Waals surface area contributed by atoms with Crippen molar-refractivity contribution >= 4 is 0 Å². The maximum absolute atomic E-state index is 13.3. The van der Waals surface area contributed by atoms with Crippen LogP contribution in [0.5, 0.6) is 11.5 Å². The number of methoxy groups -OCH3 is 2. The molecule has 1 unspecified atom stereocenters. The lowest BCUT2D eigenvalue weighted by molar-refractivity contribution is -0.177. The zero-order chi connectivity index (χ0) is 21.9. The summed E-state index contributed by atoms with van der Waals surface area (Å²) in [4.78, 5) is 0. The van der Waals surface area contributed by atoms with Crippen LogP contribution in [0.4, 0.5) is 13.2 Å². The van der Waals surface area contributed by atoms with Crippen LogP contribution >= 0.6 is 0 Å². The van der Waals surface area contributed by atoms with E-state index >= 15 is 0 Å². The minimum atomic E-state index is -4.16. The Bertz CT molecular complexity index is 915. The Kier molecular flexibility index (Phi) is 6.81. The molecule has 0 amide bonds. The van der Waals surface area contributed by atoms with E-state index in [1.54, 1.807) is 20.3 Å². The first-order valence-electron chi connectivity index (χ1n) is 10.0. The fourth-order valence-electron chi connectivity index (χ4n) is 4.02. The van der Waals surface area contributed by atoms with E-state index in [0.717, 1.165) is 28.1 Å². The first-order valence-corrected chi connectivity index (χ1v) is 10.0. The van der Waals surface area contributed by atoms with E-state index in [2.05, 4.69) is 4.57 Å². The van der Waals surface area contributed by atoms with Crippen molar-refractivity contribution in [3.63, 3.8) is 0 Å². The molecular weight excluding hydrogens is 395 g/mol. The van der Waals surface area contributed by atoms with Gasteiger partial charge in [0.05, 0.1) is 32.4 Å². The number of hydrogen-bond donors (Lipinski definition) is 1. The van der Waals surface area contributed by atoms with Gasteiger partial charge >= 0.3 is 6.18 Å². The molecule has 1 N–H and O–H groups in total. The molecule has 1 heterocycles. The van der Waals surface area contributed by atoms with Gasteiger partial charge in [-0.25, -0.2) is 0 Å². The summed E-state index contributed by atoms with van der Waals surface area (Å²) in [7, 11) is 3.17. The molecule has 1 aromatic heterocycles. The molecule has 1 aliphatic rings. The number of aryl methyl sites for hydroxylation is 1. The van der Waals surface area contributed by atoms with Crippen molar-refractivity contribution in [1.82, 2.24) is 4.57 Å². The number of aliphatic hydroxyl groups is 1. The second-order valence-electron chi connectivity index (χ2n) is 7.70. The van der Waals surface area contributed by atoms with Crippen molar-refractivity contribution < 1.29 is 27.8 Å². The van der Waals surface area contributed by atoms with Crippen molar-refractivity contribution in [1.29, 1.82) is 0 Å². The molecule has 2 aromatic rings. The maximum Gasteiger partial charge on any atom is 0.391 e. The Morgan fingerprint density at radius 3 is 2.53 bits per heavy atom. The first-order chi connectivity index (χ1) is 14.3. The summed E-state index contributed by atoms with van der Waals surface area (Å²) in [6.45, 7) is 2.25. The largest absolute Gasteiger partial charge is 0.497 e. The van der Waals surface area contributed by atoms with E-state index in [-0.39, 0.29) is 19.4 Å². The van der Waals surface area contributed by atoms with Gasteiger partial charge in [0.25, 0.3) is 0 Å². The van der Waals surface area contributed by atoms with Crippen LogP contribution in [0.2, 0.25) is 0 Å². The Labute approximate surface area is 174 Å². The molecule has 0 aliphatic heterocycles. The quantitative estimate of drug-likeness (QED) is 0.515. The van der Waals surface area contributed by atoms with Gasteiger partial charge < -0.3 is 19.1 Å².